The summed E-state index contributed by atoms with van der Waals surface area (Å²) in [7, 11) is 0. The number of aliphatic hydroxyl groups is 1. The Bertz CT molecular complexity index is 385. The van der Waals surface area contributed by atoms with Gasteiger partial charge in [0.05, 0.1) is 5.60 Å². The second kappa shape index (κ2) is 3.59. The molecule has 4 atom stereocenters. The van der Waals surface area contributed by atoms with Gasteiger partial charge in [0.15, 0.2) is 0 Å². The monoisotopic (exact) mass is 250 g/mol. The maximum absolute atomic E-state index is 12.0. The fourth-order valence-corrected chi connectivity index (χ4v) is 4.56. The Kier molecular flexibility index (Phi) is 2.53. The SMILES string of the molecule is C[C@H]1C(=O)CC[C@@]2(C)CC[C@@H](C3(C)CC3)C[C@@]12O. The van der Waals surface area contributed by atoms with Crippen molar-refractivity contribution in [1.82, 2.24) is 0 Å². The summed E-state index contributed by atoms with van der Waals surface area (Å²) in [5.41, 5.74) is -0.295. The van der Waals surface area contributed by atoms with Crippen molar-refractivity contribution in [3.8, 4) is 0 Å². The Hall–Kier alpha value is -0.370. The van der Waals surface area contributed by atoms with Crippen LogP contribution in [0.5, 0.6) is 0 Å². The molecule has 18 heavy (non-hydrogen) atoms. The third-order valence-electron chi connectivity index (χ3n) is 6.79. The highest BCUT2D eigenvalue weighted by molar-refractivity contribution is 5.83. The van der Waals surface area contributed by atoms with E-state index in [1.165, 1.54) is 19.3 Å². The Morgan fingerprint density at radius 3 is 2.44 bits per heavy atom. The van der Waals surface area contributed by atoms with E-state index >= 15 is 0 Å². The summed E-state index contributed by atoms with van der Waals surface area (Å²) < 4.78 is 0. The van der Waals surface area contributed by atoms with Gasteiger partial charge >= 0.3 is 0 Å². The molecule has 0 aromatic heterocycles. The third kappa shape index (κ3) is 1.54. The molecule has 0 spiro atoms. The van der Waals surface area contributed by atoms with Crippen molar-refractivity contribution in [2.75, 3.05) is 0 Å². The smallest absolute Gasteiger partial charge is 0.138 e. The summed E-state index contributed by atoms with van der Waals surface area (Å²) in [6.07, 6.45) is 7.38. The van der Waals surface area contributed by atoms with Gasteiger partial charge in [-0.2, -0.15) is 0 Å². The molecule has 3 saturated carbocycles. The molecule has 3 fully saturated rings. The van der Waals surface area contributed by atoms with E-state index in [2.05, 4.69) is 13.8 Å². The fourth-order valence-electron chi connectivity index (χ4n) is 4.56. The third-order valence-corrected chi connectivity index (χ3v) is 6.79. The van der Waals surface area contributed by atoms with Crippen LogP contribution in [-0.2, 0) is 4.79 Å². The highest BCUT2D eigenvalue weighted by Gasteiger charge is 2.61. The predicted octanol–water partition coefficient (Wildman–Crippen LogP) is 3.32. The van der Waals surface area contributed by atoms with Gasteiger partial charge in [0.1, 0.15) is 5.78 Å². The van der Waals surface area contributed by atoms with E-state index in [1.807, 2.05) is 6.92 Å². The predicted molar refractivity (Wildman–Crippen MR) is 71.1 cm³/mol. The van der Waals surface area contributed by atoms with Crippen LogP contribution in [0.1, 0.15) is 65.7 Å². The molecule has 0 unspecified atom stereocenters. The van der Waals surface area contributed by atoms with Gasteiger partial charge in [0.2, 0.25) is 0 Å². The number of carbonyl (C=O) groups is 1. The summed E-state index contributed by atoms with van der Waals surface area (Å²) in [4.78, 5) is 12.0. The lowest BCUT2D eigenvalue weighted by molar-refractivity contribution is -0.186. The molecule has 0 aliphatic heterocycles. The van der Waals surface area contributed by atoms with Crippen LogP contribution >= 0.6 is 0 Å². The minimum Gasteiger partial charge on any atom is -0.389 e. The minimum absolute atomic E-state index is 0.0257. The lowest BCUT2D eigenvalue weighted by Crippen LogP contribution is -2.60. The Morgan fingerprint density at radius 2 is 1.83 bits per heavy atom. The van der Waals surface area contributed by atoms with Gasteiger partial charge in [-0.1, -0.05) is 20.8 Å². The van der Waals surface area contributed by atoms with E-state index in [0.29, 0.717) is 17.8 Å². The molecule has 0 aromatic carbocycles. The Labute approximate surface area is 110 Å². The van der Waals surface area contributed by atoms with Crippen molar-refractivity contribution in [2.45, 2.75) is 71.3 Å². The first-order chi connectivity index (χ1) is 8.31. The van der Waals surface area contributed by atoms with Gasteiger partial charge in [-0.05, 0) is 55.3 Å². The van der Waals surface area contributed by atoms with Crippen molar-refractivity contribution < 1.29 is 9.90 Å². The molecule has 2 nitrogen and oxygen atoms in total. The van der Waals surface area contributed by atoms with Crippen molar-refractivity contribution in [3.63, 3.8) is 0 Å². The number of hydrogen-bond donors (Lipinski definition) is 1. The molecule has 0 heterocycles. The minimum atomic E-state index is -0.739. The van der Waals surface area contributed by atoms with E-state index in [-0.39, 0.29) is 17.1 Å². The zero-order valence-electron chi connectivity index (χ0n) is 12.0. The van der Waals surface area contributed by atoms with Gasteiger partial charge in [0.25, 0.3) is 0 Å². The molecule has 1 N–H and O–H groups in total. The molecule has 0 radical (unpaired) electrons. The maximum atomic E-state index is 12.0. The van der Waals surface area contributed by atoms with E-state index < -0.39 is 5.60 Å². The number of carbonyl (C=O) groups excluding carboxylic acids is 1. The highest BCUT2D eigenvalue weighted by Crippen LogP contribution is 2.63. The molecule has 2 heteroatoms. The van der Waals surface area contributed by atoms with Crippen LogP contribution < -0.4 is 0 Å². The summed E-state index contributed by atoms with van der Waals surface area (Å²) in [6.45, 7) is 6.53. The second-order valence-corrected chi connectivity index (χ2v) is 7.77. The van der Waals surface area contributed by atoms with Crippen LogP contribution in [0.25, 0.3) is 0 Å². The highest BCUT2D eigenvalue weighted by atomic mass is 16.3. The van der Waals surface area contributed by atoms with Crippen molar-refractivity contribution in [3.05, 3.63) is 0 Å². The summed E-state index contributed by atoms with van der Waals surface area (Å²) in [5, 5.41) is 11.2. The lowest BCUT2D eigenvalue weighted by Gasteiger charge is -2.57. The van der Waals surface area contributed by atoms with Gasteiger partial charge in [0, 0.05) is 12.3 Å². The average Bonchev–Trinajstić information content (AvgIpc) is 3.07. The standard InChI is InChI=1S/C16H26O2/c1-11-13(17)5-7-15(3)6-4-12(10-16(11,15)18)14(2)8-9-14/h11-12,18H,4-10H2,1-3H3/t11-,12+,15+,16+/m0/s1. The van der Waals surface area contributed by atoms with E-state index in [9.17, 15) is 9.90 Å². The summed E-state index contributed by atoms with van der Waals surface area (Å²) >= 11 is 0. The van der Waals surface area contributed by atoms with Crippen molar-refractivity contribution in [1.29, 1.82) is 0 Å². The van der Waals surface area contributed by atoms with Crippen LogP contribution in [0.2, 0.25) is 0 Å². The molecule has 3 rings (SSSR count). The number of hydrogen-bond acceptors (Lipinski definition) is 2. The summed E-state index contributed by atoms with van der Waals surface area (Å²) in [5.74, 6) is 0.738. The van der Waals surface area contributed by atoms with Crippen molar-refractivity contribution in [2.24, 2.45) is 22.7 Å². The average molecular weight is 250 g/mol. The van der Waals surface area contributed by atoms with Gasteiger partial charge in [-0.15, -0.1) is 0 Å². The number of rotatable bonds is 1. The van der Waals surface area contributed by atoms with Crippen molar-refractivity contribution >= 4 is 5.78 Å². The number of ketones is 1. The quantitative estimate of drug-likeness (QED) is 0.775. The van der Waals surface area contributed by atoms with Crippen LogP contribution in [0, 0.1) is 22.7 Å². The van der Waals surface area contributed by atoms with Gasteiger partial charge < -0.3 is 5.11 Å². The molecule has 3 aliphatic rings. The van der Waals surface area contributed by atoms with Crippen LogP contribution in [-0.4, -0.2) is 16.5 Å². The normalized spacial score (nSPS) is 50.8. The fraction of sp³-hybridized carbons (Fsp3) is 0.938. The molecule has 0 aromatic rings. The van der Waals surface area contributed by atoms with E-state index in [0.717, 1.165) is 19.3 Å². The number of fused-ring (bicyclic) bond motifs is 1. The molecule has 102 valence electrons. The van der Waals surface area contributed by atoms with Crippen LogP contribution in [0.4, 0.5) is 0 Å². The van der Waals surface area contributed by atoms with Gasteiger partial charge in [-0.3, -0.25) is 4.79 Å². The Morgan fingerprint density at radius 1 is 1.17 bits per heavy atom. The first-order valence-electron chi connectivity index (χ1n) is 7.56. The first-order valence-corrected chi connectivity index (χ1v) is 7.56. The first kappa shape index (κ1) is 12.7. The van der Waals surface area contributed by atoms with Gasteiger partial charge in [-0.25, -0.2) is 0 Å². The number of Topliss-reactive ketones (excluding diaryl/α,β-unsaturated/α-hetero) is 1. The topological polar surface area (TPSA) is 37.3 Å². The molecular weight excluding hydrogens is 224 g/mol. The zero-order chi connectivity index (χ0) is 13.2. The van der Waals surface area contributed by atoms with E-state index in [4.69, 9.17) is 0 Å². The zero-order valence-corrected chi connectivity index (χ0v) is 12.0. The largest absolute Gasteiger partial charge is 0.389 e. The molecule has 0 bridgehead atoms. The second-order valence-electron chi connectivity index (χ2n) is 7.77. The van der Waals surface area contributed by atoms with E-state index in [1.54, 1.807) is 0 Å². The van der Waals surface area contributed by atoms with Crippen LogP contribution in [0.3, 0.4) is 0 Å². The molecule has 0 amide bonds. The molecule has 0 saturated heterocycles. The maximum Gasteiger partial charge on any atom is 0.138 e. The molecular formula is C16H26O2. The Balaban J connectivity index is 1.90. The van der Waals surface area contributed by atoms with Crippen LogP contribution in [0.15, 0.2) is 0 Å². The molecule has 3 aliphatic carbocycles. The summed E-state index contributed by atoms with van der Waals surface area (Å²) in [6, 6.07) is 0. The lowest BCUT2D eigenvalue weighted by atomic mass is 9.50.